The van der Waals surface area contributed by atoms with Crippen molar-refractivity contribution < 1.29 is 9.21 Å². The van der Waals surface area contributed by atoms with Crippen molar-refractivity contribution in [2.75, 3.05) is 19.6 Å². The third kappa shape index (κ3) is 3.51. The molecule has 5 heteroatoms. The van der Waals surface area contributed by atoms with Gasteiger partial charge in [-0.25, -0.2) is 0 Å². The molecule has 0 saturated carbocycles. The molecule has 2 aromatic rings. The second kappa shape index (κ2) is 7.43. The van der Waals surface area contributed by atoms with Gasteiger partial charge in [-0.2, -0.15) is 0 Å². The maximum Gasteiger partial charge on any atom is 0.268 e. The second-order valence-electron chi connectivity index (χ2n) is 6.87. The van der Waals surface area contributed by atoms with Crippen LogP contribution in [0.2, 0.25) is 0 Å². The maximum atomic E-state index is 12.5. The van der Waals surface area contributed by atoms with Crippen LogP contribution in [0.4, 0.5) is 0 Å². The van der Waals surface area contributed by atoms with E-state index >= 15 is 0 Å². The Kier molecular flexibility index (Phi) is 5.29. The highest BCUT2D eigenvalue weighted by Gasteiger charge is 2.19. The summed E-state index contributed by atoms with van der Waals surface area (Å²) < 4.78 is 7.67. The number of amides is 1. The van der Waals surface area contributed by atoms with E-state index in [1.54, 1.807) is 0 Å². The Hall–Kier alpha value is -1.75. The van der Waals surface area contributed by atoms with Crippen molar-refractivity contribution >= 4 is 17.0 Å². The number of aryl methyl sites for hydroxylation is 2. The first-order valence-corrected chi connectivity index (χ1v) is 9.22. The number of nitrogens with one attached hydrogen (secondary N) is 1. The Balaban J connectivity index is 1.54. The fourth-order valence-electron chi connectivity index (χ4n) is 3.76. The first-order valence-electron chi connectivity index (χ1n) is 9.22. The predicted octanol–water partition coefficient (Wildman–Crippen LogP) is 3.56. The standard InChI is InChI=1S/C19H29N3O2/c1-4-22-16-12-15(3)24-18(16)13-17(22)19(23)20-9-7-11-21-10-6-5-8-14(21)2/h12-14H,4-11H2,1-3H3,(H,20,23). The Bertz CT molecular complexity index is 701. The Morgan fingerprint density at radius 1 is 1.38 bits per heavy atom. The lowest BCUT2D eigenvalue weighted by Crippen LogP contribution is -2.39. The average molecular weight is 331 g/mol. The fraction of sp³-hybridized carbons (Fsp3) is 0.632. The monoisotopic (exact) mass is 331 g/mol. The molecule has 1 aliphatic heterocycles. The summed E-state index contributed by atoms with van der Waals surface area (Å²) in [5.74, 6) is 0.873. The van der Waals surface area contributed by atoms with Gasteiger partial charge in [-0.15, -0.1) is 0 Å². The van der Waals surface area contributed by atoms with Crippen molar-refractivity contribution in [1.29, 1.82) is 0 Å². The number of hydrogen-bond acceptors (Lipinski definition) is 3. The summed E-state index contributed by atoms with van der Waals surface area (Å²) in [7, 11) is 0. The van der Waals surface area contributed by atoms with Crippen molar-refractivity contribution in [3.05, 3.63) is 23.6 Å². The summed E-state index contributed by atoms with van der Waals surface area (Å²) in [5, 5.41) is 3.07. The van der Waals surface area contributed by atoms with Crippen LogP contribution in [0.1, 0.15) is 55.8 Å². The molecule has 2 aromatic heterocycles. The highest BCUT2D eigenvalue weighted by Crippen LogP contribution is 2.23. The van der Waals surface area contributed by atoms with Gasteiger partial charge in [0.15, 0.2) is 5.58 Å². The van der Waals surface area contributed by atoms with Crippen LogP contribution in [-0.2, 0) is 6.54 Å². The van der Waals surface area contributed by atoms with Crippen LogP contribution in [0.3, 0.4) is 0 Å². The molecule has 3 rings (SSSR count). The molecule has 0 spiro atoms. The van der Waals surface area contributed by atoms with Crippen molar-refractivity contribution in [3.8, 4) is 0 Å². The summed E-state index contributed by atoms with van der Waals surface area (Å²) >= 11 is 0. The topological polar surface area (TPSA) is 50.4 Å². The van der Waals surface area contributed by atoms with Gasteiger partial charge in [0.2, 0.25) is 0 Å². The number of piperidine rings is 1. The average Bonchev–Trinajstić information content (AvgIpc) is 3.08. The van der Waals surface area contributed by atoms with Gasteiger partial charge in [-0.05, 0) is 46.6 Å². The Morgan fingerprint density at radius 2 is 2.21 bits per heavy atom. The maximum absolute atomic E-state index is 12.5. The molecule has 24 heavy (non-hydrogen) atoms. The van der Waals surface area contributed by atoms with Gasteiger partial charge in [-0.1, -0.05) is 6.42 Å². The first kappa shape index (κ1) is 17.1. The van der Waals surface area contributed by atoms with E-state index in [0.29, 0.717) is 11.7 Å². The largest absolute Gasteiger partial charge is 0.460 e. The normalized spacial score (nSPS) is 19.0. The molecular weight excluding hydrogens is 302 g/mol. The minimum atomic E-state index is -0.00686. The number of carbonyl (C=O) groups excluding carboxylic acids is 1. The van der Waals surface area contributed by atoms with Gasteiger partial charge in [0, 0.05) is 37.8 Å². The van der Waals surface area contributed by atoms with Gasteiger partial charge < -0.3 is 19.2 Å². The lowest BCUT2D eigenvalue weighted by molar-refractivity contribution is 0.0940. The number of aromatic nitrogens is 1. The predicted molar refractivity (Wildman–Crippen MR) is 96.5 cm³/mol. The van der Waals surface area contributed by atoms with Crippen molar-refractivity contribution in [1.82, 2.24) is 14.8 Å². The minimum absolute atomic E-state index is 0.00686. The molecule has 0 radical (unpaired) electrons. The van der Waals surface area contributed by atoms with Crippen LogP contribution in [0, 0.1) is 6.92 Å². The lowest BCUT2D eigenvalue weighted by atomic mass is 10.0. The van der Waals surface area contributed by atoms with Crippen LogP contribution < -0.4 is 5.32 Å². The van der Waals surface area contributed by atoms with Gasteiger partial charge in [-0.3, -0.25) is 4.79 Å². The van der Waals surface area contributed by atoms with E-state index in [1.807, 2.05) is 23.6 Å². The summed E-state index contributed by atoms with van der Waals surface area (Å²) in [6.07, 6.45) is 4.95. The smallest absolute Gasteiger partial charge is 0.268 e. The van der Waals surface area contributed by atoms with E-state index in [1.165, 1.54) is 25.8 Å². The summed E-state index contributed by atoms with van der Waals surface area (Å²) in [4.78, 5) is 15.0. The van der Waals surface area contributed by atoms with Gasteiger partial charge >= 0.3 is 0 Å². The van der Waals surface area contributed by atoms with Crippen LogP contribution >= 0.6 is 0 Å². The van der Waals surface area contributed by atoms with E-state index in [-0.39, 0.29) is 5.91 Å². The van der Waals surface area contributed by atoms with E-state index in [0.717, 1.165) is 42.9 Å². The molecule has 3 heterocycles. The third-order valence-corrected chi connectivity index (χ3v) is 5.11. The van der Waals surface area contributed by atoms with Crippen LogP contribution in [-0.4, -0.2) is 41.1 Å². The number of fused-ring (bicyclic) bond motifs is 1. The molecule has 1 atom stereocenters. The summed E-state index contributed by atoms with van der Waals surface area (Å²) in [5.41, 5.74) is 2.49. The molecule has 1 saturated heterocycles. The second-order valence-corrected chi connectivity index (χ2v) is 6.87. The number of rotatable bonds is 6. The molecule has 1 aliphatic rings. The zero-order chi connectivity index (χ0) is 17.1. The molecular formula is C19H29N3O2. The van der Waals surface area contributed by atoms with E-state index in [9.17, 15) is 4.79 Å². The van der Waals surface area contributed by atoms with Gasteiger partial charge in [0.25, 0.3) is 5.91 Å². The molecule has 1 fully saturated rings. The quantitative estimate of drug-likeness (QED) is 0.824. The lowest BCUT2D eigenvalue weighted by Gasteiger charge is -2.33. The first-order chi connectivity index (χ1) is 11.6. The van der Waals surface area contributed by atoms with Crippen molar-refractivity contribution in [2.45, 2.75) is 59.0 Å². The SMILES string of the molecule is CCn1c(C(=O)NCCCN2CCCCC2C)cc2oc(C)cc21. The van der Waals surface area contributed by atoms with E-state index < -0.39 is 0 Å². The zero-order valence-electron chi connectivity index (χ0n) is 15.1. The highest BCUT2D eigenvalue weighted by atomic mass is 16.3. The minimum Gasteiger partial charge on any atom is -0.460 e. The highest BCUT2D eigenvalue weighted by molar-refractivity contribution is 5.97. The number of hydrogen-bond donors (Lipinski definition) is 1. The Morgan fingerprint density at radius 3 is 2.96 bits per heavy atom. The van der Waals surface area contributed by atoms with E-state index in [2.05, 4.69) is 24.1 Å². The zero-order valence-corrected chi connectivity index (χ0v) is 15.1. The number of furan rings is 1. The molecule has 132 valence electrons. The number of carbonyl (C=O) groups is 1. The van der Waals surface area contributed by atoms with Crippen LogP contribution in [0.5, 0.6) is 0 Å². The third-order valence-electron chi connectivity index (χ3n) is 5.11. The number of likely N-dealkylation sites (tertiary alicyclic amines) is 1. The van der Waals surface area contributed by atoms with Crippen LogP contribution in [0.25, 0.3) is 11.1 Å². The molecule has 1 amide bonds. The van der Waals surface area contributed by atoms with Crippen molar-refractivity contribution in [2.24, 2.45) is 0 Å². The molecule has 0 aromatic carbocycles. The Labute approximate surface area is 144 Å². The molecule has 1 N–H and O–H groups in total. The molecule has 0 aliphatic carbocycles. The number of nitrogens with zero attached hydrogens (tertiary/aromatic N) is 2. The molecule has 0 bridgehead atoms. The van der Waals surface area contributed by atoms with Crippen LogP contribution in [0.15, 0.2) is 16.5 Å². The summed E-state index contributed by atoms with van der Waals surface area (Å²) in [6, 6.07) is 4.53. The van der Waals surface area contributed by atoms with E-state index in [4.69, 9.17) is 4.42 Å². The summed E-state index contributed by atoms with van der Waals surface area (Å²) in [6.45, 7) is 10.0. The fourth-order valence-corrected chi connectivity index (χ4v) is 3.76. The van der Waals surface area contributed by atoms with Gasteiger partial charge in [0.1, 0.15) is 11.5 Å². The van der Waals surface area contributed by atoms with Crippen molar-refractivity contribution in [3.63, 3.8) is 0 Å². The molecule has 1 unspecified atom stereocenters. The van der Waals surface area contributed by atoms with Gasteiger partial charge in [0.05, 0.1) is 5.52 Å². The molecule has 5 nitrogen and oxygen atoms in total.